The van der Waals surface area contributed by atoms with Crippen molar-refractivity contribution in [3.05, 3.63) is 36.0 Å². The number of rotatable bonds is 1. The molecule has 3 nitrogen and oxygen atoms in total. The Morgan fingerprint density at radius 1 is 1.17 bits per heavy atom. The molecule has 6 atom stereocenters. The van der Waals surface area contributed by atoms with E-state index in [1.54, 1.807) is 12.2 Å². The predicted octanol–water partition coefficient (Wildman–Crippen LogP) is 4.00. The molecule has 0 unspecified atom stereocenters. The molecule has 0 heterocycles. The largest absolute Gasteiger partial charge is 0.462 e. The second-order valence-electron chi connectivity index (χ2n) is 8.49. The molecule has 0 spiro atoms. The number of allylic oxidation sites excluding steroid dienone is 6. The van der Waals surface area contributed by atoms with Crippen LogP contribution in [0.25, 0.3) is 0 Å². The third-order valence-electron chi connectivity index (χ3n) is 7.34. The molecule has 2 fully saturated rings. The first kappa shape index (κ1) is 15.9. The number of carbonyl (C=O) groups excluding carboxylic acids is 2. The van der Waals surface area contributed by atoms with E-state index in [4.69, 9.17) is 4.74 Å². The van der Waals surface area contributed by atoms with Gasteiger partial charge in [-0.05, 0) is 61.2 Å². The van der Waals surface area contributed by atoms with Gasteiger partial charge >= 0.3 is 5.97 Å². The summed E-state index contributed by atoms with van der Waals surface area (Å²) < 4.78 is 5.68. The van der Waals surface area contributed by atoms with E-state index in [1.807, 2.05) is 0 Å². The fourth-order valence-corrected chi connectivity index (χ4v) is 6.00. The number of fused-ring (bicyclic) bond motifs is 5. The van der Waals surface area contributed by atoms with Crippen LogP contribution in [0.3, 0.4) is 0 Å². The zero-order valence-electron chi connectivity index (χ0n) is 14.7. The molecule has 0 aromatic heterocycles. The molecule has 0 radical (unpaired) electrons. The number of hydrogen-bond donors (Lipinski definition) is 0. The van der Waals surface area contributed by atoms with Gasteiger partial charge in [0.05, 0.1) is 0 Å². The minimum Gasteiger partial charge on any atom is -0.462 e. The number of ketones is 1. The zero-order chi connectivity index (χ0) is 17.1. The van der Waals surface area contributed by atoms with Crippen molar-refractivity contribution in [2.24, 2.45) is 28.6 Å². The number of esters is 1. The summed E-state index contributed by atoms with van der Waals surface area (Å²) in [4.78, 5) is 23.2. The molecule has 0 saturated heterocycles. The highest BCUT2D eigenvalue weighted by molar-refractivity contribution is 6.01. The quantitative estimate of drug-likeness (QED) is 0.684. The third kappa shape index (κ3) is 2.09. The summed E-state index contributed by atoms with van der Waals surface area (Å²) in [6.45, 7) is 6.12. The van der Waals surface area contributed by atoms with Crippen molar-refractivity contribution in [3.8, 4) is 0 Å². The molecular formula is C21H26O3. The van der Waals surface area contributed by atoms with Crippen molar-refractivity contribution in [3.63, 3.8) is 0 Å². The lowest BCUT2D eigenvalue weighted by Gasteiger charge is -2.54. The average Bonchev–Trinajstić information content (AvgIpc) is 2.84. The first-order valence-electron chi connectivity index (χ1n) is 9.15. The van der Waals surface area contributed by atoms with Gasteiger partial charge in [-0.15, -0.1) is 0 Å². The van der Waals surface area contributed by atoms with Gasteiger partial charge in [0.15, 0.2) is 5.78 Å². The Morgan fingerprint density at radius 2 is 1.96 bits per heavy atom. The van der Waals surface area contributed by atoms with E-state index in [9.17, 15) is 9.59 Å². The number of ether oxygens (including phenoxy) is 1. The lowest BCUT2D eigenvalue weighted by atomic mass is 9.50. The molecule has 3 heteroatoms. The maximum Gasteiger partial charge on any atom is 0.302 e. The summed E-state index contributed by atoms with van der Waals surface area (Å²) >= 11 is 0. The Balaban J connectivity index is 1.68. The lowest BCUT2D eigenvalue weighted by molar-refractivity contribution is -0.155. The van der Waals surface area contributed by atoms with E-state index < -0.39 is 0 Å². The zero-order valence-corrected chi connectivity index (χ0v) is 14.7. The second-order valence-corrected chi connectivity index (χ2v) is 8.49. The van der Waals surface area contributed by atoms with Crippen LogP contribution in [0.1, 0.15) is 46.5 Å². The van der Waals surface area contributed by atoms with Crippen molar-refractivity contribution in [1.29, 1.82) is 0 Å². The highest BCUT2D eigenvalue weighted by Gasteiger charge is 2.58. The van der Waals surface area contributed by atoms with Gasteiger partial charge in [-0.3, -0.25) is 9.59 Å². The average molecular weight is 326 g/mol. The SMILES string of the molecule is CC(=O)O[C@@H]1CC[C@@H]2[C@H]3C=CC4=CC(=O)C=C[C@]4(C)[C@@H]3CC[C@]21C. The van der Waals surface area contributed by atoms with Crippen molar-refractivity contribution in [2.75, 3.05) is 0 Å². The third-order valence-corrected chi connectivity index (χ3v) is 7.34. The van der Waals surface area contributed by atoms with Crippen LogP contribution in [0.4, 0.5) is 0 Å². The molecule has 0 aliphatic heterocycles. The number of carbonyl (C=O) groups is 2. The highest BCUT2D eigenvalue weighted by Crippen LogP contribution is 2.63. The van der Waals surface area contributed by atoms with Crippen LogP contribution in [0.5, 0.6) is 0 Å². The summed E-state index contributed by atoms with van der Waals surface area (Å²) in [6, 6.07) is 0. The van der Waals surface area contributed by atoms with Gasteiger partial charge in [0, 0.05) is 17.8 Å². The number of hydrogen-bond acceptors (Lipinski definition) is 3. The normalized spacial score (nSPS) is 46.0. The van der Waals surface area contributed by atoms with Crippen LogP contribution in [-0.2, 0) is 14.3 Å². The van der Waals surface area contributed by atoms with Crippen molar-refractivity contribution < 1.29 is 14.3 Å². The molecule has 0 amide bonds. The highest BCUT2D eigenvalue weighted by atomic mass is 16.5. The van der Waals surface area contributed by atoms with E-state index in [-0.39, 0.29) is 28.7 Å². The molecule has 0 bridgehead atoms. The van der Waals surface area contributed by atoms with Crippen LogP contribution in [0.2, 0.25) is 0 Å². The van der Waals surface area contributed by atoms with Crippen molar-refractivity contribution in [1.82, 2.24) is 0 Å². The smallest absolute Gasteiger partial charge is 0.302 e. The van der Waals surface area contributed by atoms with Gasteiger partial charge in [0.1, 0.15) is 6.10 Å². The molecule has 4 rings (SSSR count). The lowest BCUT2D eigenvalue weighted by Crippen LogP contribution is -2.49. The monoisotopic (exact) mass is 326 g/mol. The van der Waals surface area contributed by atoms with Crippen LogP contribution in [0, 0.1) is 28.6 Å². The van der Waals surface area contributed by atoms with E-state index in [1.165, 1.54) is 6.92 Å². The van der Waals surface area contributed by atoms with Gasteiger partial charge in [0.2, 0.25) is 0 Å². The molecule has 0 N–H and O–H groups in total. The minimum atomic E-state index is -0.158. The predicted molar refractivity (Wildman–Crippen MR) is 92.1 cm³/mol. The Kier molecular flexibility index (Phi) is 3.42. The van der Waals surface area contributed by atoms with Crippen LogP contribution in [0.15, 0.2) is 36.0 Å². The Morgan fingerprint density at radius 3 is 2.71 bits per heavy atom. The van der Waals surface area contributed by atoms with Crippen molar-refractivity contribution >= 4 is 11.8 Å². The Bertz CT molecular complexity index is 685. The molecule has 4 aliphatic rings. The Labute approximate surface area is 143 Å². The van der Waals surface area contributed by atoms with Gasteiger partial charge in [0.25, 0.3) is 0 Å². The first-order chi connectivity index (χ1) is 11.3. The molecular weight excluding hydrogens is 300 g/mol. The molecule has 0 aromatic carbocycles. The van der Waals surface area contributed by atoms with Gasteiger partial charge in [-0.25, -0.2) is 0 Å². The van der Waals surface area contributed by atoms with Gasteiger partial charge in [-0.2, -0.15) is 0 Å². The fraction of sp³-hybridized carbons (Fsp3) is 0.619. The van der Waals surface area contributed by atoms with Gasteiger partial charge < -0.3 is 4.74 Å². The second kappa shape index (κ2) is 5.18. The standard InChI is InChI=1S/C21H26O3/c1-13(22)24-19-7-6-17-16-5-4-14-12-15(23)8-10-20(14,2)18(16)9-11-21(17,19)3/h4-5,8,10,12,16-19H,6-7,9,11H2,1-3H3/t16-,17-,18-,19-,20+,21-/m1/s1. The maximum absolute atomic E-state index is 11.8. The molecule has 0 aromatic rings. The minimum absolute atomic E-state index is 0.0336. The van der Waals surface area contributed by atoms with Crippen molar-refractivity contribution in [2.45, 2.75) is 52.6 Å². The molecule has 4 aliphatic carbocycles. The van der Waals surface area contributed by atoms with E-state index >= 15 is 0 Å². The molecule has 128 valence electrons. The summed E-state index contributed by atoms with van der Waals surface area (Å²) in [7, 11) is 0. The van der Waals surface area contributed by atoms with Crippen LogP contribution < -0.4 is 0 Å². The van der Waals surface area contributed by atoms with E-state index in [0.29, 0.717) is 17.8 Å². The summed E-state index contributed by atoms with van der Waals surface area (Å²) in [5, 5.41) is 0. The summed E-state index contributed by atoms with van der Waals surface area (Å²) in [5.74, 6) is 1.54. The molecule has 2 saturated carbocycles. The Hall–Kier alpha value is -1.64. The van der Waals surface area contributed by atoms with E-state index in [0.717, 1.165) is 31.3 Å². The van der Waals surface area contributed by atoms with Crippen LogP contribution >= 0.6 is 0 Å². The fourth-order valence-electron chi connectivity index (χ4n) is 6.00. The van der Waals surface area contributed by atoms with E-state index in [2.05, 4.69) is 32.1 Å². The molecule has 24 heavy (non-hydrogen) atoms. The summed E-state index contributed by atoms with van der Waals surface area (Å²) in [5.41, 5.74) is 1.21. The van der Waals surface area contributed by atoms with Crippen LogP contribution in [-0.4, -0.2) is 17.9 Å². The maximum atomic E-state index is 11.8. The van der Waals surface area contributed by atoms with Gasteiger partial charge in [-0.1, -0.05) is 32.1 Å². The first-order valence-corrected chi connectivity index (χ1v) is 9.15. The summed E-state index contributed by atoms with van der Waals surface area (Å²) in [6.07, 6.45) is 14.6. The topological polar surface area (TPSA) is 43.4 Å².